The number of benzene rings is 1. The van der Waals surface area contributed by atoms with E-state index in [-0.39, 0.29) is 10.6 Å². The summed E-state index contributed by atoms with van der Waals surface area (Å²) in [6.45, 7) is 2.07. The average molecular weight is 392 g/mol. The molecule has 2 heterocycles. The van der Waals surface area contributed by atoms with E-state index < -0.39 is 15.6 Å². The second kappa shape index (κ2) is 7.88. The van der Waals surface area contributed by atoms with Crippen LogP contribution in [0.2, 0.25) is 0 Å². The van der Waals surface area contributed by atoms with Gasteiger partial charge in [0, 0.05) is 32.4 Å². The third-order valence-electron chi connectivity index (χ3n) is 4.45. The van der Waals surface area contributed by atoms with E-state index in [1.54, 1.807) is 35.4 Å². The molecule has 0 spiro atoms. The maximum absolute atomic E-state index is 13.0. The van der Waals surface area contributed by atoms with Crippen molar-refractivity contribution in [3.8, 4) is 6.07 Å². The lowest BCUT2D eigenvalue weighted by Crippen LogP contribution is -2.32. The minimum Gasteiger partial charge on any atom is -0.369 e. The summed E-state index contributed by atoms with van der Waals surface area (Å²) in [6, 6.07) is 11.3. The summed E-state index contributed by atoms with van der Waals surface area (Å²) in [5.41, 5.74) is 0.743. The van der Waals surface area contributed by atoms with Crippen LogP contribution in [-0.4, -0.2) is 45.3 Å². The highest BCUT2D eigenvalue weighted by Gasteiger charge is 2.31. The fraction of sp³-hybridized carbons (Fsp3) is 0.333. The van der Waals surface area contributed by atoms with Crippen LogP contribution in [0.5, 0.6) is 0 Å². The van der Waals surface area contributed by atoms with Crippen LogP contribution in [0.1, 0.15) is 12.0 Å². The SMILES string of the molecule is N#Cc1cccnc1N1CCCN(c2ccccc2S(=O)(=O)C(F)F)CC1. The van der Waals surface area contributed by atoms with E-state index in [9.17, 15) is 22.5 Å². The van der Waals surface area contributed by atoms with Gasteiger partial charge in [0.2, 0.25) is 9.84 Å². The molecular formula is C18H18F2N4O2S. The van der Waals surface area contributed by atoms with Crippen LogP contribution in [0.4, 0.5) is 20.3 Å². The molecule has 27 heavy (non-hydrogen) atoms. The first-order chi connectivity index (χ1) is 12.9. The molecule has 1 aliphatic rings. The minimum atomic E-state index is -4.69. The summed E-state index contributed by atoms with van der Waals surface area (Å²) in [5, 5.41) is 9.26. The topological polar surface area (TPSA) is 77.3 Å². The van der Waals surface area contributed by atoms with Gasteiger partial charge in [-0.1, -0.05) is 12.1 Å². The van der Waals surface area contributed by atoms with Crippen LogP contribution in [0.3, 0.4) is 0 Å². The number of sulfone groups is 1. The molecule has 0 unspecified atom stereocenters. The van der Waals surface area contributed by atoms with E-state index in [4.69, 9.17) is 0 Å². The van der Waals surface area contributed by atoms with Crippen molar-refractivity contribution in [2.45, 2.75) is 17.1 Å². The molecule has 0 bridgehead atoms. The quantitative estimate of drug-likeness (QED) is 0.796. The molecule has 9 heteroatoms. The number of aromatic nitrogens is 1. The third-order valence-corrected chi connectivity index (χ3v) is 5.88. The van der Waals surface area contributed by atoms with Crippen LogP contribution in [-0.2, 0) is 9.84 Å². The molecule has 1 aliphatic heterocycles. The van der Waals surface area contributed by atoms with Gasteiger partial charge in [-0.05, 0) is 30.7 Å². The van der Waals surface area contributed by atoms with Crippen molar-refractivity contribution in [3.63, 3.8) is 0 Å². The van der Waals surface area contributed by atoms with Gasteiger partial charge in [0.05, 0.1) is 16.1 Å². The number of pyridine rings is 1. The van der Waals surface area contributed by atoms with Gasteiger partial charge in [-0.3, -0.25) is 0 Å². The Morgan fingerprint density at radius 1 is 1.04 bits per heavy atom. The highest BCUT2D eigenvalue weighted by atomic mass is 32.2. The summed E-state index contributed by atoms with van der Waals surface area (Å²) in [5.74, 6) is -2.89. The number of nitriles is 1. The van der Waals surface area contributed by atoms with Gasteiger partial charge in [-0.25, -0.2) is 13.4 Å². The minimum absolute atomic E-state index is 0.279. The Balaban J connectivity index is 1.87. The fourth-order valence-corrected chi connectivity index (χ4v) is 4.11. The number of nitrogens with zero attached hydrogens (tertiary/aromatic N) is 4. The van der Waals surface area contributed by atoms with Crippen molar-refractivity contribution in [1.29, 1.82) is 5.26 Å². The number of hydrogen-bond donors (Lipinski definition) is 0. The van der Waals surface area contributed by atoms with Crippen LogP contribution < -0.4 is 9.80 Å². The number of hydrogen-bond acceptors (Lipinski definition) is 6. The predicted molar refractivity (Wildman–Crippen MR) is 97.6 cm³/mol. The molecule has 1 aromatic heterocycles. The second-order valence-electron chi connectivity index (χ2n) is 6.09. The number of alkyl halides is 2. The number of rotatable bonds is 4. The Kier molecular flexibility index (Phi) is 5.56. The van der Waals surface area contributed by atoms with Gasteiger partial charge in [0.15, 0.2) is 0 Å². The van der Waals surface area contributed by atoms with E-state index in [2.05, 4.69) is 11.1 Å². The standard InChI is InChI=1S/C18H18F2N4O2S/c19-18(20)27(25,26)16-7-2-1-6-15(16)23-9-4-10-24(12-11-23)17-14(13-21)5-3-8-22-17/h1-3,5-8,18H,4,9-12H2. The Hall–Kier alpha value is -2.73. The lowest BCUT2D eigenvalue weighted by atomic mass is 10.2. The van der Waals surface area contributed by atoms with Crippen molar-refractivity contribution in [2.75, 3.05) is 36.0 Å². The maximum atomic E-state index is 13.0. The second-order valence-corrected chi connectivity index (χ2v) is 7.97. The first-order valence-electron chi connectivity index (χ1n) is 8.41. The Morgan fingerprint density at radius 3 is 2.48 bits per heavy atom. The molecule has 1 aromatic carbocycles. The van der Waals surface area contributed by atoms with Crippen LogP contribution in [0.15, 0.2) is 47.5 Å². The highest BCUT2D eigenvalue weighted by Crippen LogP contribution is 2.30. The largest absolute Gasteiger partial charge is 0.369 e. The van der Waals surface area contributed by atoms with Gasteiger partial charge < -0.3 is 9.80 Å². The molecule has 6 nitrogen and oxygen atoms in total. The summed E-state index contributed by atoms with van der Waals surface area (Å²) >= 11 is 0. The zero-order valence-corrected chi connectivity index (χ0v) is 15.2. The van der Waals surface area contributed by atoms with Crippen molar-refractivity contribution in [1.82, 2.24) is 4.98 Å². The molecule has 2 aromatic rings. The third kappa shape index (κ3) is 3.85. The number of anilines is 2. The molecular weight excluding hydrogens is 374 g/mol. The lowest BCUT2D eigenvalue weighted by molar-refractivity contribution is 0.235. The van der Waals surface area contributed by atoms with Crippen molar-refractivity contribution in [3.05, 3.63) is 48.2 Å². The van der Waals surface area contributed by atoms with Crippen molar-refractivity contribution < 1.29 is 17.2 Å². The fourth-order valence-electron chi connectivity index (χ4n) is 3.16. The molecule has 142 valence electrons. The van der Waals surface area contributed by atoms with Gasteiger partial charge in [-0.2, -0.15) is 14.0 Å². The first-order valence-corrected chi connectivity index (χ1v) is 9.96. The smallest absolute Gasteiger partial charge is 0.341 e. The van der Waals surface area contributed by atoms with Gasteiger partial charge in [0.25, 0.3) is 0 Å². The van der Waals surface area contributed by atoms with E-state index in [0.717, 1.165) is 0 Å². The molecule has 1 fully saturated rings. The van der Waals surface area contributed by atoms with Crippen LogP contribution in [0.25, 0.3) is 0 Å². The molecule has 0 radical (unpaired) electrons. The van der Waals surface area contributed by atoms with E-state index in [1.807, 2.05) is 4.90 Å². The Labute approximate surface area is 156 Å². The first kappa shape index (κ1) is 19.0. The summed E-state index contributed by atoms with van der Waals surface area (Å²) in [4.78, 5) is 7.68. The molecule has 1 saturated heterocycles. The maximum Gasteiger partial charge on any atom is 0.341 e. The predicted octanol–water partition coefficient (Wildman–Crippen LogP) is 2.67. The lowest BCUT2D eigenvalue weighted by Gasteiger charge is -2.26. The molecule has 0 amide bonds. The van der Waals surface area contributed by atoms with Gasteiger partial charge in [0.1, 0.15) is 11.9 Å². The highest BCUT2D eigenvalue weighted by molar-refractivity contribution is 7.91. The van der Waals surface area contributed by atoms with Crippen LogP contribution in [0, 0.1) is 11.3 Å². The summed E-state index contributed by atoms with van der Waals surface area (Å²) in [7, 11) is -4.69. The molecule has 0 aliphatic carbocycles. The molecule has 3 rings (SSSR count). The molecule has 0 atom stereocenters. The Morgan fingerprint density at radius 2 is 1.74 bits per heavy atom. The van der Waals surface area contributed by atoms with E-state index in [1.165, 1.54) is 12.1 Å². The zero-order chi connectivity index (χ0) is 19.4. The summed E-state index contributed by atoms with van der Waals surface area (Å²) < 4.78 is 50.1. The normalized spacial score (nSPS) is 15.5. The Bertz CT molecular complexity index is 960. The van der Waals surface area contributed by atoms with Crippen molar-refractivity contribution >= 4 is 21.3 Å². The average Bonchev–Trinajstić information content (AvgIpc) is 2.94. The monoisotopic (exact) mass is 392 g/mol. The van der Waals surface area contributed by atoms with Crippen LogP contribution >= 0.6 is 0 Å². The number of para-hydroxylation sites is 1. The summed E-state index contributed by atoms with van der Waals surface area (Å²) in [6.07, 6.45) is 2.29. The van der Waals surface area contributed by atoms with Gasteiger partial charge in [-0.15, -0.1) is 0 Å². The van der Waals surface area contributed by atoms with E-state index >= 15 is 0 Å². The number of halogens is 2. The van der Waals surface area contributed by atoms with Crippen molar-refractivity contribution in [2.24, 2.45) is 0 Å². The van der Waals surface area contributed by atoms with E-state index in [0.29, 0.717) is 44.0 Å². The molecule has 0 N–H and O–H groups in total. The molecule has 0 saturated carbocycles. The van der Waals surface area contributed by atoms with Gasteiger partial charge >= 0.3 is 5.76 Å². The zero-order valence-electron chi connectivity index (χ0n) is 14.4.